The number of imidazole rings is 1. The van der Waals surface area contributed by atoms with E-state index in [1.807, 2.05) is 12.1 Å². The lowest BCUT2D eigenvalue weighted by Crippen LogP contribution is -2.03. The quantitative estimate of drug-likeness (QED) is 0.226. The average Bonchev–Trinajstić information content (AvgIpc) is 3.35. The summed E-state index contributed by atoms with van der Waals surface area (Å²) in [6.07, 6.45) is 0. The molecular formula is C29H20ClFN2O5. The second-order valence-electron chi connectivity index (χ2n) is 8.42. The number of halogens is 2. The first-order valence-corrected chi connectivity index (χ1v) is 11.8. The van der Waals surface area contributed by atoms with Gasteiger partial charge in [0.05, 0.1) is 34.8 Å². The van der Waals surface area contributed by atoms with Crippen LogP contribution in [0.25, 0.3) is 33.5 Å². The summed E-state index contributed by atoms with van der Waals surface area (Å²) in [6.45, 7) is 0.0127. The van der Waals surface area contributed by atoms with Crippen molar-refractivity contribution in [3.8, 4) is 28.3 Å². The molecule has 1 heterocycles. The predicted octanol–water partition coefficient (Wildman–Crippen LogP) is 6.75. The van der Waals surface area contributed by atoms with Crippen molar-refractivity contribution in [3.05, 3.63) is 106 Å². The monoisotopic (exact) mass is 530 g/mol. The maximum absolute atomic E-state index is 15.1. The molecule has 5 aromatic rings. The topological polar surface area (TPSA) is 102 Å². The van der Waals surface area contributed by atoms with E-state index in [4.69, 9.17) is 21.1 Å². The molecule has 0 spiro atoms. The summed E-state index contributed by atoms with van der Waals surface area (Å²) in [4.78, 5) is 30.8. The summed E-state index contributed by atoms with van der Waals surface area (Å²) in [5, 5.41) is 10.0. The van der Waals surface area contributed by atoms with Gasteiger partial charge >= 0.3 is 11.9 Å². The fourth-order valence-electron chi connectivity index (χ4n) is 4.08. The van der Waals surface area contributed by atoms with Crippen molar-refractivity contribution >= 4 is 34.6 Å². The smallest absolute Gasteiger partial charge is 0.337 e. The van der Waals surface area contributed by atoms with E-state index in [0.29, 0.717) is 33.0 Å². The highest BCUT2D eigenvalue weighted by molar-refractivity contribution is 6.30. The number of nitrogens with one attached hydrogen (secondary N) is 1. The number of rotatable bonds is 7. The van der Waals surface area contributed by atoms with Gasteiger partial charge in [0.15, 0.2) is 0 Å². The largest absolute Gasteiger partial charge is 0.489 e. The van der Waals surface area contributed by atoms with Gasteiger partial charge in [-0.2, -0.15) is 0 Å². The molecule has 190 valence electrons. The molecule has 4 aromatic carbocycles. The van der Waals surface area contributed by atoms with E-state index in [-0.39, 0.29) is 23.5 Å². The predicted molar refractivity (Wildman–Crippen MR) is 141 cm³/mol. The summed E-state index contributed by atoms with van der Waals surface area (Å²) in [6, 6.07) is 21.1. The Balaban J connectivity index is 1.40. The van der Waals surface area contributed by atoms with Crippen molar-refractivity contribution < 1.29 is 28.6 Å². The Morgan fingerprint density at radius 1 is 0.947 bits per heavy atom. The van der Waals surface area contributed by atoms with Crippen LogP contribution in [-0.4, -0.2) is 34.1 Å². The minimum Gasteiger partial charge on any atom is -0.489 e. The number of carboxylic acids is 1. The highest BCUT2D eigenvalue weighted by atomic mass is 35.5. The lowest BCUT2D eigenvalue weighted by molar-refractivity contribution is 0.0600. The van der Waals surface area contributed by atoms with Gasteiger partial charge in [-0.1, -0.05) is 29.8 Å². The number of ether oxygens (including phenoxy) is 2. The Hall–Kier alpha value is -4.69. The summed E-state index contributed by atoms with van der Waals surface area (Å²) in [7, 11) is 1.30. The molecule has 9 heteroatoms. The van der Waals surface area contributed by atoms with Crippen molar-refractivity contribution in [1.82, 2.24) is 9.97 Å². The van der Waals surface area contributed by atoms with E-state index in [2.05, 4.69) is 9.97 Å². The minimum atomic E-state index is -1.06. The molecule has 0 aliphatic carbocycles. The van der Waals surface area contributed by atoms with E-state index in [0.717, 1.165) is 11.1 Å². The van der Waals surface area contributed by atoms with E-state index in [9.17, 15) is 14.7 Å². The number of H-pyrrole nitrogens is 1. The minimum absolute atomic E-state index is 0.0127. The second kappa shape index (κ2) is 10.4. The number of carbonyl (C=O) groups is 2. The SMILES string of the molecule is COC(=O)c1ccc2nc(-c3ccc(OCc4cc(C(=O)O)ccc4-c4ccc(Cl)cc4)cc3F)[nH]c2c1. The zero-order valence-electron chi connectivity index (χ0n) is 20.0. The molecule has 0 aliphatic rings. The van der Waals surface area contributed by atoms with E-state index < -0.39 is 17.8 Å². The van der Waals surface area contributed by atoms with E-state index >= 15 is 4.39 Å². The summed E-state index contributed by atoms with van der Waals surface area (Å²) in [5.41, 5.74) is 4.06. The average molecular weight is 531 g/mol. The molecule has 7 nitrogen and oxygen atoms in total. The van der Waals surface area contributed by atoms with Crippen molar-refractivity contribution in [1.29, 1.82) is 0 Å². The fraction of sp³-hybridized carbons (Fsp3) is 0.0690. The van der Waals surface area contributed by atoms with Gasteiger partial charge < -0.3 is 19.6 Å². The van der Waals surface area contributed by atoms with Gasteiger partial charge in [-0.25, -0.2) is 19.0 Å². The molecule has 0 atom stereocenters. The Kier molecular flexibility index (Phi) is 6.81. The lowest BCUT2D eigenvalue weighted by Gasteiger charge is -2.13. The first kappa shape index (κ1) is 25.0. The third kappa shape index (κ3) is 5.07. The summed E-state index contributed by atoms with van der Waals surface area (Å²) < 4.78 is 25.7. The standard InChI is InChI=1S/C29H20ClFN2O5/c1-37-29(36)18-5-11-25-26(13-18)33-27(32-25)23-10-8-21(14-24(23)31)38-15-19-12-17(28(34)35)4-9-22(19)16-2-6-20(30)7-3-16/h2-14H,15H2,1H3,(H,32,33)(H,34,35). The molecule has 1 aromatic heterocycles. The first-order valence-electron chi connectivity index (χ1n) is 11.5. The van der Waals surface area contributed by atoms with Crippen LogP contribution in [0.3, 0.4) is 0 Å². The van der Waals surface area contributed by atoms with Crippen LogP contribution in [0.1, 0.15) is 26.3 Å². The highest BCUT2D eigenvalue weighted by Gasteiger charge is 2.15. The molecule has 38 heavy (non-hydrogen) atoms. The Bertz CT molecular complexity index is 1680. The summed E-state index contributed by atoms with van der Waals surface area (Å²) >= 11 is 6.00. The number of benzene rings is 4. The Morgan fingerprint density at radius 3 is 2.39 bits per heavy atom. The number of carbonyl (C=O) groups excluding carboxylic acids is 1. The Labute approximate surface area is 221 Å². The maximum atomic E-state index is 15.1. The number of methoxy groups -OCH3 is 1. The van der Waals surface area contributed by atoms with Gasteiger partial charge in [-0.3, -0.25) is 0 Å². The van der Waals surface area contributed by atoms with Crippen molar-refractivity contribution in [2.75, 3.05) is 7.11 Å². The van der Waals surface area contributed by atoms with Crippen LogP contribution in [0.4, 0.5) is 4.39 Å². The molecule has 2 N–H and O–H groups in total. The van der Waals surface area contributed by atoms with Crippen LogP contribution in [0.2, 0.25) is 5.02 Å². The fourth-order valence-corrected chi connectivity index (χ4v) is 4.20. The molecule has 0 radical (unpaired) electrons. The lowest BCUT2D eigenvalue weighted by atomic mass is 9.98. The van der Waals surface area contributed by atoms with Crippen molar-refractivity contribution in [2.24, 2.45) is 0 Å². The van der Waals surface area contributed by atoms with Gasteiger partial charge in [0.25, 0.3) is 0 Å². The maximum Gasteiger partial charge on any atom is 0.337 e. The van der Waals surface area contributed by atoms with Gasteiger partial charge in [-0.15, -0.1) is 0 Å². The molecule has 5 rings (SSSR count). The Morgan fingerprint density at radius 2 is 1.68 bits per heavy atom. The highest BCUT2D eigenvalue weighted by Crippen LogP contribution is 2.30. The molecule has 0 saturated carbocycles. The number of aromatic nitrogens is 2. The number of hydrogen-bond donors (Lipinski definition) is 2. The van der Waals surface area contributed by atoms with Gasteiger partial charge in [0.2, 0.25) is 0 Å². The molecule has 0 fully saturated rings. The van der Waals surface area contributed by atoms with Crippen molar-refractivity contribution in [3.63, 3.8) is 0 Å². The first-order chi connectivity index (χ1) is 18.3. The number of carboxylic acid groups (broad SMARTS) is 1. The van der Waals surface area contributed by atoms with Crippen LogP contribution >= 0.6 is 11.6 Å². The van der Waals surface area contributed by atoms with Gasteiger partial charge in [0, 0.05) is 11.1 Å². The van der Waals surface area contributed by atoms with Crippen LogP contribution in [0.15, 0.2) is 78.9 Å². The number of fused-ring (bicyclic) bond motifs is 1. The molecule has 0 unspecified atom stereocenters. The number of aromatic amines is 1. The molecule has 0 saturated heterocycles. The number of hydrogen-bond acceptors (Lipinski definition) is 5. The molecule has 0 bridgehead atoms. The van der Waals surface area contributed by atoms with Gasteiger partial charge in [-0.05, 0) is 71.3 Å². The van der Waals surface area contributed by atoms with Crippen LogP contribution in [0, 0.1) is 5.82 Å². The second-order valence-corrected chi connectivity index (χ2v) is 8.86. The number of aromatic carboxylic acids is 1. The molecular weight excluding hydrogens is 511 g/mol. The number of nitrogens with zero attached hydrogens (tertiary/aromatic N) is 1. The normalized spacial score (nSPS) is 10.9. The van der Waals surface area contributed by atoms with Crippen LogP contribution < -0.4 is 4.74 Å². The van der Waals surface area contributed by atoms with Crippen LogP contribution in [0.5, 0.6) is 5.75 Å². The third-order valence-electron chi connectivity index (χ3n) is 6.00. The third-order valence-corrected chi connectivity index (χ3v) is 6.25. The molecule has 0 aliphatic heterocycles. The number of esters is 1. The van der Waals surface area contributed by atoms with Crippen molar-refractivity contribution in [2.45, 2.75) is 6.61 Å². The molecule has 0 amide bonds. The van der Waals surface area contributed by atoms with Gasteiger partial charge in [0.1, 0.15) is 24.0 Å². The van der Waals surface area contributed by atoms with E-state index in [1.165, 1.54) is 31.4 Å². The van der Waals surface area contributed by atoms with Crippen LogP contribution in [-0.2, 0) is 11.3 Å². The zero-order chi connectivity index (χ0) is 26.8. The zero-order valence-corrected chi connectivity index (χ0v) is 20.8. The van der Waals surface area contributed by atoms with E-state index in [1.54, 1.807) is 42.5 Å². The summed E-state index contributed by atoms with van der Waals surface area (Å²) in [5.74, 6) is -1.55.